The lowest BCUT2D eigenvalue weighted by Gasteiger charge is -2.39. The summed E-state index contributed by atoms with van der Waals surface area (Å²) < 4.78 is 32.1. The van der Waals surface area contributed by atoms with Crippen molar-refractivity contribution in [1.29, 1.82) is 0 Å². The lowest BCUT2D eigenvalue weighted by atomic mass is 9.99. The molecule has 31 heteroatoms. The van der Waals surface area contributed by atoms with Crippen LogP contribution in [-0.2, 0) is 28.4 Å². The highest BCUT2D eigenvalue weighted by atomic mass is 16.7. The van der Waals surface area contributed by atoms with Gasteiger partial charge in [0.15, 0.2) is 18.9 Å². The van der Waals surface area contributed by atoms with E-state index >= 15 is 0 Å². The third-order valence-corrected chi connectivity index (χ3v) is 12.5. The van der Waals surface area contributed by atoms with E-state index in [-0.39, 0.29) is 113 Å². The summed E-state index contributed by atoms with van der Waals surface area (Å²) >= 11 is 0. The maximum atomic E-state index is 12.6. The highest BCUT2D eigenvalue weighted by Crippen LogP contribution is 2.25. The molecule has 0 unspecified atom stereocenters. The minimum atomic E-state index is -1.67. The zero-order valence-electron chi connectivity index (χ0n) is 39.0. The Balaban J connectivity index is 1.02. The molecule has 3 aliphatic heterocycles. The Morgan fingerprint density at radius 3 is 0.781 bits per heavy atom. The highest BCUT2D eigenvalue weighted by molar-refractivity contribution is 5.75. The second-order valence-electron chi connectivity index (χ2n) is 17.3. The Labute approximate surface area is 412 Å². The third kappa shape index (κ3) is 13.0. The summed E-state index contributed by atoms with van der Waals surface area (Å²) in [7, 11) is 0. The van der Waals surface area contributed by atoms with Crippen molar-refractivity contribution in [2.45, 2.75) is 92.1 Å². The number of anilines is 6. The fourth-order valence-corrected chi connectivity index (χ4v) is 8.21. The van der Waals surface area contributed by atoms with Crippen LogP contribution in [-0.4, -0.2) is 257 Å². The van der Waals surface area contributed by atoms with Gasteiger partial charge in [0, 0.05) is 58.9 Å². The molecule has 73 heavy (non-hydrogen) atoms. The molecule has 0 spiro atoms. The molecule has 0 radical (unpaired) electrons. The number of rotatable bonds is 30. The van der Waals surface area contributed by atoms with Crippen LogP contribution in [0.15, 0.2) is 28.8 Å². The molecule has 0 bridgehead atoms. The van der Waals surface area contributed by atoms with Crippen LogP contribution in [0.1, 0.15) is 0 Å². The van der Waals surface area contributed by atoms with Gasteiger partial charge in [-0.05, 0) is 0 Å². The Morgan fingerprint density at radius 2 is 0.562 bits per heavy atom. The van der Waals surface area contributed by atoms with Gasteiger partial charge < -0.3 is 122 Å². The van der Waals surface area contributed by atoms with Crippen molar-refractivity contribution in [2.75, 3.05) is 130 Å². The molecule has 3 saturated heterocycles. The molecule has 3 aliphatic rings. The quantitative estimate of drug-likeness (QED) is 0.0218. The summed E-state index contributed by atoms with van der Waals surface area (Å²) in [6, 6.07) is 0. The van der Waals surface area contributed by atoms with Crippen molar-refractivity contribution in [3.63, 3.8) is 0 Å². The van der Waals surface area contributed by atoms with Crippen molar-refractivity contribution >= 4 is 34.1 Å². The van der Waals surface area contributed by atoms with E-state index in [1.807, 2.05) is 0 Å². The molecular formula is C42H63N7O24. The van der Waals surface area contributed by atoms with Gasteiger partial charge in [0.1, 0.15) is 107 Å². The highest BCUT2D eigenvalue weighted by Gasteiger charge is 2.46. The Kier molecular flexibility index (Phi) is 20.6. The van der Waals surface area contributed by atoms with Crippen LogP contribution >= 0.6 is 0 Å². The molecule has 3 heterocycles. The molecule has 3 aromatic rings. The van der Waals surface area contributed by atoms with E-state index in [9.17, 15) is 90.0 Å². The third-order valence-electron chi connectivity index (χ3n) is 12.5. The summed E-state index contributed by atoms with van der Waals surface area (Å²) in [5.74, 6) is 0. The first kappa shape index (κ1) is 57.6. The van der Waals surface area contributed by atoms with Gasteiger partial charge in [0.2, 0.25) is 0 Å². The Bertz CT molecular complexity index is 2190. The maximum absolute atomic E-state index is 12.6. The molecule has 6 rings (SSSR count). The molecule has 31 nitrogen and oxygen atoms in total. The minimum absolute atomic E-state index is 0.0453. The van der Waals surface area contributed by atoms with Crippen LogP contribution < -0.4 is 64.5 Å². The number of hydrogen-bond donors (Lipinski definition) is 18. The van der Waals surface area contributed by atoms with E-state index in [1.54, 1.807) is 4.90 Å². The van der Waals surface area contributed by atoms with Gasteiger partial charge in [-0.15, -0.1) is 0 Å². The van der Waals surface area contributed by atoms with E-state index in [4.69, 9.17) is 28.4 Å². The van der Waals surface area contributed by atoms with E-state index in [0.717, 1.165) is 0 Å². The number of aliphatic hydroxyl groups is 12. The first-order valence-electron chi connectivity index (χ1n) is 23.3. The molecule has 3 aromatic carbocycles. The van der Waals surface area contributed by atoms with Gasteiger partial charge in [0.05, 0.1) is 39.6 Å². The molecule has 0 amide bonds. The number of hydrogen-bond acceptors (Lipinski definition) is 31. The van der Waals surface area contributed by atoms with Crippen LogP contribution in [0.25, 0.3) is 0 Å². The fraction of sp³-hybridized carbons (Fsp3) is 0.714. The van der Waals surface area contributed by atoms with Crippen molar-refractivity contribution in [1.82, 2.24) is 4.90 Å². The second-order valence-corrected chi connectivity index (χ2v) is 17.3. The van der Waals surface area contributed by atoms with E-state index < -0.39 is 145 Å². The summed E-state index contributed by atoms with van der Waals surface area (Å²) in [6.07, 6.45) is -22.7. The molecule has 15 atom stereocenters. The van der Waals surface area contributed by atoms with Crippen molar-refractivity contribution < 1.29 is 89.7 Å². The first-order valence-corrected chi connectivity index (χ1v) is 23.3. The number of aliphatic hydroxyl groups excluding tert-OH is 12. The van der Waals surface area contributed by atoms with Gasteiger partial charge >= 0.3 is 0 Å². The van der Waals surface area contributed by atoms with Crippen LogP contribution in [0.3, 0.4) is 0 Å². The molecular weight excluding hydrogens is 986 g/mol. The smallest absolute Gasteiger partial charge is 0.253 e. The van der Waals surface area contributed by atoms with Crippen LogP contribution in [0.2, 0.25) is 0 Å². The van der Waals surface area contributed by atoms with E-state index in [0.29, 0.717) is 0 Å². The Hall–Kier alpha value is -4.72. The van der Waals surface area contributed by atoms with Crippen molar-refractivity contribution in [3.05, 3.63) is 61.3 Å². The molecule has 0 saturated carbocycles. The molecule has 0 aromatic heterocycles. The molecule has 0 aliphatic carbocycles. The van der Waals surface area contributed by atoms with Gasteiger partial charge in [0.25, 0.3) is 32.6 Å². The lowest BCUT2D eigenvalue weighted by molar-refractivity contribution is -0.300. The predicted octanol–water partition coefficient (Wildman–Crippen LogP) is -10.9. The normalized spacial score (nSPS) is 30.8. The van der Waals surface area contributed by atoms with Crippen LogP contribution in [0, 0.1) is 0 Å². The van der Waals surface area contributed by atoms with E-state index in [1.165, 1.54) is 0 Å². The number of ether oxygens (including phenoxy) is 6. The Morgan fingerprint density at radius 1 is 0.342 bits per heavy atom. The average Bonchev–Trinajstić information content (AvgIpc) is 3.39. The average molecular weight is 1050 g/mol. The zero-order chi connectivity index (χ0) is 53.3. The monoisotopic (exact) mass is 1050 g/mol. The van der Waals surface area contributed by atoms with Gasteiger partial charge in [-0.2, -0.15) is 0 Å². The molecule has 18 N–H and O–H groups in total. The van der Waals surface area contributed by atoms with Gasteiger partial charge in [-0.25, -0.2) is 0 Å². The van der Waals surface area contributed by atoms with Gasteiger partial charge in [-0.3, -0.25) is 33.7 Å². The summed E-state index contributed by atoms with van der Waals surface area (Å²) in [5.41, 5.74) is -5.39. The molecule has 410 valence electrons. The summed E-state index contributed by atoms with van der Waals surface area (Å²) in [5, 5.41) is 136. The lowest BCUT2D eigenvalue weighted by Crippen LogP contribution is -2.59. The summed E-state index contributed by atoms with van der Waals surface area (Å²) in [4.78, 5) is 77.0. The zero-order valence-corrected chi connectivity index (χ0v) is 39.0. The van der Waals surface area contributed by atoms with E-state index in [2.05, 4.69) is 31.9 Å². The number of nitrogens with one attached hydrogen (secondary N) is 6. The first-order chi connectivity index (χ1) is 34.9. The van der Waals surface area contributed by atoms with Crippen LogP contribution in [0.5, 0.6) is 0 Å². The van der Waals surface area contributed by atoms with Crippen LogP contribution in [0.4, 0.5) is 34.1 Å². The SMILES string of the molecule is O=c1c(NCCO[C@H]2O[C@H](CO)[C@@H](O)[C@H](O)[C@@H]2O)c(NCCN(CCNc2c(NCCO[C@H]3O[C@H](CO)[C@@H](O)[C@H](O)[C@@H]3O)c(=O)c2=O)CCNc2c(NCCO[C@H]3O[C@H](CO)[C@@H](O)[C@H](O)[C@@H]3O)c(=O)c2=O)c1=O. The predicted molar refractivity (Wildman–Crippen MR) is 251 cm³/mol. The topological polar surface area (TPSA) is 476 Å². The fourth-order valence-electron chi connectivity index (χ4n) is 8.21. The van der Waals surface area contributed by atoms with Gasteiger partial charge in [-0.1, -0.05) is 0 Å². The largest absolute Gasteiger partial charge is 0.394 e. The maximum Gasteiger partial charge on any atom is 0.253 e. The van der Waals surface area contributed by atoms with Crippen molar-refractivity contribution in [2.24, 2.45) is 0 Å². The van der Waals surface area contributed by atoms with Crippen molar-refractivity contribution in [3.8, 4) is 0 Å². The number of nitrogens with zero attached hydrogens (tertiary/aromatic N) is 1. The standard InChI is InChI=1S/C42H63N7O24/c50-13-16-25(53)34(62)37(65)40(71-16)68-10-4-46-22-19(28(56)31(22)59)43-1-7-49(8-2-44-20-23(32(60)29(20)57)47-5-11-69-41-38(66)35(63)26(54)17(14-51)72-41)9-3-45-21-24(33(61)30(21)58)48-6-12-70-42-39(67)36(64)27(55)18(15-52)73-42/h16-18,25-27,34-48,50-55,62-67H,1-15H2/t16-,17-,18-,25-,26-,27-,34+,35+,36+,37+,38+,39+,40+,41+,42+/m1/s1. The second kappa shape index (κ2) is 26.2. The minimum Gasteiger partial charge on any atom is -0.394 e. The summed E-state index contributed by atoms with van der Waals surface area (Å²) in [6.45, 7) is -2.33. The molecule has 3 fully saturated rings.